The first-order valence-electron chi connectivity index (χ1n) is 11.8. The number of nitrogens with two attached hydrogens (primary N) is 1. The van der Waals surface area contributed by atoms with Crippen molar-refractivity contribution in [2.75, 3.05) is 18.2 Å². The Hall–Kier alpha value is -5.30. The van der Waals surface area contributed by atoms with Crippen molar-refractivity contribution in [3.8, 4) is 28.6 Å². The summed E-state index contributed by atoms with van der Waals surface area (Å²) in [5.74, 6) is 1.35. The molecule has 0 fully saturated rings. The lowest BCUT2D eigenvalue weighted by molar-refractivity contribution is 0.409. The minimum absolute atomic E-state index is 0.0254. The highest BCUT2D eigenvalue weighted by Crippen LogP contribution is 2.31. The topological polar surface area (TPSA) is 145 Å². The molecule has 0 spiro atoms. The summed E-state index contributed by atoms with van der Waals surface area (Å²) in [7, 11) is 1.59. The Labute approximate surface area is 218 Å². The minimum atomic E-state index is -0.529. The van der Waals surface area contributed by atoms with E-state index in [0.29, 0.717) is 33.7 Å². The van der Waals surface area contributed by atoms with Gasteiger partial charge in [0, 0.05) is 11.8 Å². The van der Waals surface area contributed by atoms with Crippen LogP contribution in [-0.4, -0.2) is 31.6 Å². The second-order valence-electron chi connectivity index (χ2n) is 8.63. The van der Waals surface area contributed by atoms with Gasteiger partial charge in [0.25, 0.3) is 5.56 Å². The van der Waals surface area contributed by atoms with E-state index in [1.54, 1.807) is 23.9 Å². The average Bonchev–Trinajstić information content (AvgIpc) is 2.93. The van der Waals surface area contributed by atoms with Crippen LogP contribution in [0.4, 0.5) is 11.8 Å². The Kier molecular flexibility index (Phi) is 6.41. The van der Waals surface area contributed by atoms with Gasteiger partial charge in [0.15, 0.2) is 0 Å². The number of benzene rings is 2. The number of nitrogens with one attached hydrogen (secondary N) is 1. The van der Waals surface area contributed by atoms with Crippen LogP contribution in [0.25, 0.3) is 27.7 Å². The number of ether oxygens (including phenoxy) is 1. The van der Waals surface area contributed by atoms with Crippen molar-refractivity contribution in [1.82, 2.24) is 24.5 Å². The van der Waals surface area contributed by atoms with Crippen LogP contribution in [0.15, 0.2) is 71.8 Å². The first-order valence-corrected chi connectivity index (χ1v) is 11.8. The van der Waals surface area contributed by atoms with E-state index in [9.17, 15) is 10.1 Å². The number of nitriles is 1. The number of pyridine rings is 1. The average molecular weight is 505 g/mol. The van der Waals surface area contributed by atoms with Crippen LogP contribution >= 0.6 is 0 Å². The largest absolute Gasteiger partial charge is 0.495 e. The van der Waals surface area contributed by atoms with E-state index in [1.807, 2.05) is 62.4 Å². The maximum Gasteiger partial charge on any atom is 0.266 e. The first-order chi connectivity index (χ1) is 18.4. The minimum Gasteiger partial charge on any atom is -0.495 e. The third kappa shape index (κ3) is 4.37. The van der Waals surface area contributed by atoms with Crippen molar-refractivity contribution in [2.24, 2.45) is 0 Å². The van der Waals surface area contributed by atoms with Gasteiger partial charge < -0.3 is 15.8 Å². The summed E-state index contributed by atoms with van der Waals surface area (Å²) in [6.45, 7) is 3.70. The number of aromatic nitrogens is 5. The molecule has 2 aromatic carbocycles. The maximum atomic E-state index is 14.2. The zero-order valence-corrected chi connectivity index (χ0v) is 21.0. The number of rotatable bonds is 6. The zero-order valence-electron chi connectivity index (χ0n) is 21.0. The number of para-hydroxylation sites is 1. The van der Waals surface area contributed by atoms with E-state index in [-0.39, 0.29) is 22.9 Å². The van der Waals surface area contributed by atoms with Gasteiger partial charge in [0.1, 0.15) is 29.0 Å². The van der Waals surface area contributed by atoms with Gasteiger partial charge in [-0.1, -0.05) is 30.3 Å². The smallest absolute Gasteiger partial charge is 0.266 e. The number of fused-ring (bicyclic) bond motifs is 1. The van der Waals surface area contributed by atoms with E-state index in [0.717, 1.165) is 11.3 Å². The maximum absolute atomic E-state index is 14.2. The first kappa shape index (κ1) is 24.4. The normalized spacial score (nSPS) is 11.6. The molecule has 0 amide bonds. The predicted molar refractivity (Wildman–Crippen MR) is 145 cm³/mol. The SMILES string of the molecule is COc1cc(-c2cccc3nc([C@@H](C)Nc4nc(N)ncc4C#N)n(-c4ccccc4)c(=O)c23)cnc1C. The summed E-state index contributed by atoms with van der Waals surface area (Å²) >= 11 is 0. The molecule has 10 heteroatoms. The van der Waals surface area contributed by atoms with Gasteiger partial charge in [-0.2, -0.15) is 10.2 Å². The van der Waals surface area contributed by atoms with Gasteiger partial charge in [0.2, 0.25) is 5.95 Å². The molecule has 0 bridgehead atoms. The summed E-state index contributed by atoms with van der Waals surface area (Å²) in [4.78, 5) is 31.7. The fraction of sp³-hybridized carbons (Fsp3) is 0.143. The summed E-state index contributed by atoms with van der Waals surface area (Å²) in [5.41, 5.74) is 9.09. The van der Waals surface area contributed by atoms with Crippen LogP contribution in [0.3, 0.4) is 0 Å². The number of hydrogen-bond donors (Lipinski definition) is 2. The van der Waals surface area contributed by atoms with Crippen LogP contribution in [0, 0.1) is 18.3 Å². The second kappa shape index (κ2) is 9.99. The Morgan fingerprint density at radius 3 is 2.61 bits per heavy atom. The Balaban J connectivity index is 1.75. The molecule has 0 unspecified atom stereocenters. The van der Waals surface area contributed by atoms with E-state index in [4.69, 9.17) is 15.5 Å². The molecule has 1 atom stereocenters. The van der Waals surface area contributed by atoms with Crippen LogP contribution in [0.5, 0.6) is 5.75 Å². The molecule has 188 valence electrons. The van der Waals surface area contributed by atoms with E-state index < -0.39 is 6.04 Å². The van der Waals surface area contributed by atoms with Gasteiger partial charge in [0.05, 0.1) is 41.6 Å². The quantitative estimate of drug-likeness (QED) is 0.348. The molecule has 38 heavy (non-hydrogen) atoms. The Bertz CT molecular complexity index is 1760. The Morgan fingerprint density at radius 2 is 1.87 bits per heavy atom. The molecule has 5 rings (SSSR count). The molecular weight excluding hydrogens is 480 g/mol. The van der Waals surface area contributed by atoms with Crippen molar-refractivity contribution in [2.45, 2.75) is 19.9 Å². The fourth-order valence-corrected chi connectivity index (χ4v) is 4.33. The lowest BCUT2D eigenvalue weighted by atomic mass is 10.0. The summed E-state index contributed by atoms with van der Waals surface area (Å²) in [5, 5.41) is 13.1. The van der Waals surface area contributed by atoms with Gasteiger partial charge in [-0.3, -0.25) is 14.3 Å². The molecule has 0 saturated carbocycles. The molecule has 0 aliphatic carbocycles. The van der Waals surface area contributed by atoms with Crippen molar-refractivity contribution in [3.63, 3.8) is 0 Å². The molecule has 0 saturated heterocycles. The van der Waals surface area contributed by atoms with Gasteiger partial charge in [-0.05, 0) is 43.7 Å². The van der Waals surface area contributed by atoms with Gasteiger partial charge in [-0.25, -0.2) is 9.97 Å². The van der Waals surface area contributed by atoms with Crippen LogP contribution in [0.2, 0.25) is 0 Å². The number of nitrogens with zero attached hydrogens (tertiary/aromatic N) is 6. The standard InChI is InChI=1S/C28H24N8O2/c1-16-23(38-3)12-18(14-31-16)21-10-7-11-22-24(21)27(37)36(20-8-5-4-6-9-20)26(34-22)17(2)33-25-19(13-29)15-32-28(30)35-25/h4-12,14-15,17H,1-3H3,(H3,30,32,33,35)/t17-/m1/s1. The second-order valence-corrected chi connectivity index (χ2v) is 8.63. The van der Waals surface area contributed by atoms with E-state index >= 15 is 0 Å². The van der Waals surface area contributed by atoms with Crippen molar-refractivity contribution < 1.29 is 4.74 Å². The lowest BCUT2D eigenvalue weighted by Crippen LogP contribution is -2.28. The van der Waals surface area contributed by atoms with Crippen LogP contribution < -0.4 is 21.3 Å². The third-order valence-electron chi connectivity index (χ3n) is 6.18. The highest BCUT2D eigenvalue weighted by atomic mass is 16.5. The van der Waals surface area contributed by atoms with E-state index in [2.05, 4.69) is 26.3 Å². The number of aryl methyl sites for hydroxylation is 1. The monoisotopic (exact) mass is 504 g/mol. The molecular formula is C28H24N8O2. The predicted octanol–water partition coefficient (Wildman–Crippen LogP) is 4.18. The fourth-order valence-electron chi connectivity index (χ4n) is 4.33. The number of methoxy groups -OCH3 is 1. The highest BCUT2D eigenvalue weighted by molar-refractivity contribution is 5.94. The van der Waals surface area contributed by atoms with Crippen LogP contribution in [0.1, 0.15) is 30.0 Å². The van der Waals surface area contributed by atoms with Crippen molar-refractivity contribution >= 4 is 22.7 Å². The van der Waals surface area contributed by atoms with Crippen LogP contribution in [-0.2, 0) is 0 Å². The van der Waals surface area contributed by atoms with Gasteiger partial charge in [-0.15, -0.1) is 0 Å². The Morgan fingerprint density at radius 1 is 1.08 bits per heavy atom. The highest BCUT2D eigenvalue weighted by Gasteiger charge is 2.22. The number of anilines is 2. The van der Waals surface area contributed by atoms with Crippen molar-refractivity contribution in [1.29, 1.82) is 5.26 Å². The van der Waals surface area contributed by atoms with Crippen molar-refractivity contribution in [3.05, 3.63) is 94.4 Å². The summed E-state index contributed by atoms with van der Waals surface area (Å²) in [6, 6.07) is 18.2. The summed E-state index contributed by atoms with van der Waals surface area (Å²) < 4.78 is 7.03. The molecule has 0 aliphatic rings. The lowest BCUT2D eigenvalue weighted by Gasteiger charge is -2.21. The molecule has 3 aromatic heterocycles. The zero-order chi connectivity index (χ0) is 26.8. The molecule has 5 aromatic rings. The number of nitrogen functional groups attached to an aromatic ring is 1. The molecule has 3 heterocycles. The number of hydrogen-bond acceptors (Lipinski definition) is 9. The summed E-state index contributed by atoms with van der Waals surface area (Å²) in [6.07, 6.45) is 3.07. The molecule has 0 aliphatic heterocycles. The molecule has 3 N–H and O–H groups in total. The third-order valence-corrected chi connectivity index (χ3v) is 6.18. The molecule has 0 radical (unpaired) electrons. The van der Waals surface area contributed by atoms with E-state index in [1.165, 1.54) is 6.20 Å². The molecule has 10 nitrogen and oxygen atoms in total. The van der Waals surface area contributed by atoms with Gasteiger partial charge >= 0.3 is 0 Å².